The van der Waals surface area contributed by atoms with Gasteiger partial charge in [0, 0.05) is 46.5 Å². The van der Waals surface area contributed by atoms with E-state index in [1.54, 1.807) is 7.11 Å². The van der Waals surface area contributed by atoms with E-state index in [-0.39, 0.29) is 18.1 Å². The molecule has 0 saturated carbocycles. The maximum absolute atomic E-state index is 12.2. The van der Waals surface area contributed by atoms with E-state index >= 15 is 0 Å². The highest BCUT2D eigenvalue weighted by atomic mass is 16.5. The molecule has 6 heteroatoms. The first kappa shape index (κ1) is 17.7. The summed E-state index contributed by atoms with van der Waals surface area (Å²) >= 11 is 0. The molecule has 2 rings (SSSR count). The number of hydrogen-bond donors (Lipinski definition) is 0. The van der Waals surface area contributed by atoms with Crippen LogP contribution in [0.15, 0.2) is 0 Å². The Kier molecular flexibility index (Phi) is 7.08. The molecule has 2 aliphatic rings. The molecule has 0 aromatic carbocycles. The molecule has 2 heterocycles. The van der Waals surface area contributed by atoms with Crippen molar-refractivity contribution in [3.8, 4) is 0 Å². The molecule has 2 aliphatic heterocycles. The van der Waals surface area contributed by atoms with Crippen LogP contribution in [0.1, 0.15) is 25.7 Å². The van der Waals surface area contributed by atoms with Gasteiger partial charge in [0.05, 0.1) is 25.2 Å². The predicted octanol–water partition coefficient (Wildman–Crippen LogP) is 0.750. The number of rotatable bonds is 7. The predicted molar refractivity (Wildman–Crippen MR) is 83.9 cm³/mol. The number of likely N-dealkylation sites (tertiary alicyclic amines) is 1. The second-order valence-corrected chi connectivity index (χ2v) is 6.39. The van der Waals surface area contributed by atoms with Crippen molar-refractivity contribution in [3.63, 3.8) is 0 Å². The summed E-state index contributed by atoms with van der Waals surface area (Å²) in [7, 11) is 5.73. The molecular weight excluding hydrogens is 284 g/mol. The molecule has 0 spiro atoms. The number of hydrogen-bond acceptors (Lipinski definition) is 5. The monoisotopic (exact) mass is 314 g/mol. The SMILES string of the molecule is CO[C@H]1C[C@@H](CN(C)C(=O)CCOC2CCOCC2)N(C)C1. The van der Waals surface area contributed by atoms with Gasteiger partial charge in [0.15, 0.2) is 0 Å². The van der Waals surface area contributed by atoms with Crippen molar-refractivity contribution >= 4 is 5.91 Å². The Balaban J connectivity index is 1.64. The van der Waals surface area contributed by atoms with Crippen molar-refractivity contribution in [1.29, 1.82) is 0 Å². The molecule has 6 nitrogen and oxygen atoms in total. The van der Waals surface area contributed by atoms with Gasteiger partial charge in [-0.2, -0.15) is 0 Å². The van der Waals surface area contributed by atoms with Gasteiger partial charge in [-0.3, -0.25) is 9.69 Å². The Bertz CT molecular complexity index is 347. The maximum atomic E-state index is 12.2. The summed E-state index contributed by atoms with van der Waals surface area (Å²) in [5.74, 6) is 0.154. The highest BCUT2D eigenvalue weighted by Gasteiger charge is 2.30. The first-order chi connectivity index (χ1) is 10.6. The lowest BCUT2D eigenvalue weighted by molar-refractivity contribution is -0.132. The van der Waals surface area contributed by atoms with Crippen molar-refractivity contribution in [3.05, 3.63) is 0 Å². The first-order valence-electron chi connectivity index (χ1n) is 8.26. The lowest BCUT2D eigenvalue weighted by Gasteiger charge is -2.26. The second-order valence-electron chi connectivity index (χ2n) is 6.39. The standard InChI is InChI=1S/C16H30N2O4/c1-17-12-15(20-3)10-13(17)11-18(2)16(19)6-9-22-14-4-7-21-8-5-14/h13-15H,4-12H2,1-3H3/t13-,15-/m0/s1. The molecule has 128 valence electrons. The largest absolute Gasteiger partial charge is 0.381 e. The van der Waals surface area contributed by atoms with Crippen LogP contribution >= 0.6 is 0 Å². The fourth-order valence-electron chi connectivity index (χ4n) is 3.18. The summed E-state index contributed by atoms with van der Waals surface area (Å²) in [5, 5.41) is 0. The third kappa shape index (κ3) is 5.19. The number of carbonyl (C=O) groups is 1. The molecule has 1 amide bonds. The zero-order valence-electron chi connectivity index (χ0n) is 14.1. The van der Waals surface area contributed by atoms with Crippen LogP contribution in [0, 0.1) is 0 Å². The zero-order chi connectivity index (χ0) is 15.9. The molecule has 0 aliphatic carbocycles. The molecule has 2 fully saturated rings. The summed E-state index contributed by atoms with van der Waals surface area (Å²) in [6.07, 6.45) is 3.87. The smallest absolute Gasteiger partial charge is 0.224 e. The number of nitrogens with zero attached hydrogens (tertiary/aromatic N) is 2. The van der Waals surface area contributed by atoms with E-state index in [0.29, 0.717) is 19.1 Å². The quantitative estimate of drug-likeness (QED) is 0.694. The summed E-state index contributed by atoms with van der Waals surface area (Å²) in [4.78, 5) is 16.3. The highest BCUT2D eigenvalue weighted by Crippen LogP contribution is 2.19. The van der Waals surface area contributed by atoms with Gasteiger partial charge in [-0.1, -0.05) is 0 Å². The minimum Gasteiger partial charge on any atom is -0.381 e. The zero-order valence-corrected chi connectivity index (χ0v) is 14.1. The lowest BCUT2D eigenvalue weighted by Crippen LogP contribution is -2.40. The van der Waals surface area contributed by atoms with Crippen LogP contribution in [0.25, 0.3) is 0 Å². The van der Waals surface area contributed by atoms with Crippen LogP contribution in [0.4, 0.5) is 0 Å². The lowest BCUT2D eigenvalue weighted by atomic mass is 10.1. The first-order valence-corrected chi connectivity index (χ1v) is 8.26. The molecule has 2 saturated heterocycles. The number of likely N-dealkylation sites (N-methyl/N-ethyl adjacent to an activating group) is 2. The fraction of sp³-hybridized carbons (Fsp3) is 0.938. The molecule has 2 atom stereocenters. The van der Waals surface area contributed by atoms with E-state index in [2.05, 4.69) is 11.9 Å². The van der Waals surface area contributed by atoms with Gasteiger partial charge in [0.1, 0.15) is 0 Å². The van der Waals surface area contributed by atoms with E-state index in [1.165, 1.54) is 0 Å². The molecule has 0 radical (unpaired) electrons. The number of methoxy groups -OCH3 is 1. The molecular formula is C16H30N2O4. The van der Waals surface area contributed by atoms with Crippen molar-refractivity contribution < 1.29 is 19.0 Å². The van der Waals surface area contributed by atoms with Crippen molar-refractivity contribution in [2.75, 3.05) is 54.1 Å². The Labute approximate surface area is 133 Å². The van der Waals surface area contributed by atoms with E-state index in [4.69, 9.17) is 14.2 Å². The second kappa shape index (κ2) is 8.82. The van der Waals surface area contributed by atoms with Crippen molar-refractivity contribution in [2.24, 2.45) is 0 Å². The van der Waals surface area contributed by atoms with Crippen molar-refractivity contribution in [1.82, 2.24) is 9.80 Å². The van der Waals surface area contributed by atoms with E-state index in [0.717, 1.165) is 45.6 Å². The number of ether oxygens (including phenoxy) is 3. The van der Waals surface area contributed by atoms with Crippen molar-refractivity contribution in [2.45, 2.75) is 43.9 Å². The van der Waals surface area contributed by atoms with Gasteiger partial charge >= 0.3 is 0 Å². The normalized spacial score (nSPS) is 27.2. The molecule has 22 heavy (non-hydrogen) atoms. The summed E-state index contributed by atoms with van der Waals surface area (Å²) in [6.45, 7) is 3.75. The molecule has 0 N–H and O–H groups in total. The van der Waals surface area contributed by atoms with Gasteiger partial charge in [0.25, 0.3) is 0 Å². The molecule has 0 aromatic rings. The fourth-order valence-corrected chi connectivity index (χ4v) is 3.18. The van der Waals surface area contributed by atoms with Gasteiger partial charge < -0.3 is 19.1 Å². The molecule has 0 unspecified atom stereocenters. The Morgan fingerprint density at radius 3 is 2.68 bits per heavy atom. The Morgan fingerprint density at radius 2 is 2.05 bits per heavy atom. The highest BCUT2D eigenvalue weighted by molar-refractivity contribution is 5.76. The van der Waals surface area contributed by atoms with Gasteiger partial charge in [-0.25, -0.2) is 0 Å². The third-order valence-electron chi connectivity index (χ3n) is 4.73. The van der Waals surface area contributed by atoms with Crippen LogP contribution < -0.4 is 0 Å². The summed E-state index contributed by atoms with van der Waals surface area (Å²) in [6, 6.07) is 0.385. The van der Waals surface area contributed by atoms with Crippen LogP contribution in [-0.2, 0) is 19.0 Å². The van der Waals surface area contributed by atoms with Gasteiger partial charge in [-0.05, 0) is 26.3 Å². The van der Waals surface area contributed by atoms with Gasteiger partial charge in [0.2, 0.25) is 5.91 Å². The Morgan fingerprint density at radius 1 is 1.32 bits per heavy atom. The van der Waals surface area contributed by atoms with Gasteiger partial charge in [-0.15, -0.1) is 0 Å². The third-order valence-corrected chi connectivity index (χ3v) is 4.73. The van der Waals surface area contributed by atoms with Crippen LogP contribution in [0.3, 0.4) is 0 Å². The number of carbonyl (C=O) groups excluding carboxylic acids is 1. The van der Waals surface area contributed by atoms with E-state index in [1.807, 2.05) is 11.9 Å². The molecule has 0 bridgehead atoms. The maximum Gasteiger partial charge on any atom is 0.224 e. The topological polar surface area (TPSA) is 51.2 Å². The van der Waals surface area contributed by atoms with Crippen LogP contribution in [0.5, 0.6) is 0 Å². The van der Waals surface area contributed by atoms with E-state index < -0.39 is 0 Å². The number of amides is 1. The Hall–Kier alpha value is -0.690. The average molecular weight is 314 g/mol. The summed E-state index contributed by atoms with van der Waals surface area (Å²) in [5.41, 5.74) is 0. The minimum absolute atomic E-state index is 0.154. The van der Waals surface area contributed by atoms with Crippen LogP contribution in [-0.4, -0.2) is 88.1 Å². The minimum atomic E-state index is 0.154. The molecule has 0 aromatic heterocycles. The average Bonchev–Trinajstić information content (AvgIpc) is 2.88. The van der Waals surface area contributed by atoms with Crippen LogP contribution in [0.2, 0.25) is 0 Å². The van der Waals surface area contributed by atoms with E-state index in [9.17, 15) is 4.79 Å². The summed E-state index contributed by atoms with van der Waals surface area (Å²) < 4.78 is 16.5.